The van der Waals surface area contributed by atoms with E-state index in [1.54, 1.807) is 0 Å². The maximum absolute atomic E-state index is 12.5. The van der Waals surface area contributed by atoms with E-state index in [-0.39, 0.29) is 18.2 Å². The van der Waals surface area contributed by atoms with Gasteiger partial charge >= 0.3 is 6.18 Å². The number of nitrogens with one attached hydrogen (secondary N) is 2. The Balaban J connectivity index is 2.40. The Kier molecular flexibility index (Phi) is 6.68. The summed E-state index contributed by atoms with van der Waals surface area (Å²) >= 11 is 0. The monoisotopic (exact) mass is 318 g/mol. The van der Waals surface area contributed by atoms with Gasteiger partial charge in [-0.3, -0.25) is 9.59 Å². The summed E-state index contributed by atoms with van der Waals surface area (Å²) in [6, 6.07) is 4.22. The van der Waals surface area contributed by atoms with Crippen molar-refractivity contribution in [1.82, 2.24) is 10.6 Å². The smallest absolute Gasteiger partial charge is 0.416 e. The number of carbonyl (C=O) groups is 2. The molecule has 0 aromatic heterocycles. The number of hydrogen-bond donors (Lipinski definition) is 2. The van der Waals surface area contributed by atoms with Crippen molar-refractivity contribution < 1.29 is 27.5 Å². The lowest BCUT2D eigenvalue weighted by molar-refractivity contribution is -0.137. The molecule has 1 rings (SSSR count). The molecular weight excluding hydrogens is 301 g/mol. The maximum Gasteiger partial charge on any atom is 0.416 e. The summed E-state index contributed by atoms with van der Waals surface area (Å²) < 4.78 is 42.5. The van der Waals surface area contributed by atoms with E-state index in [1.165, 1.54) is 12.1 Å². The average molecular weight is 318 g/mol. The van der Waals surface area contributed by atoms with Crippen LogP contribution in [0.3, 0.4) is 0 Å². The molecule has 0 atom stereocenters. The molecule has 22 heavy (non-hydrogen) atoms. The summed E-state index contributed by atoms with van der Waals surface area (Å²) in [5.41, 5.74) is -0.857. The summed E-state index contributed by atoms with van der Waals surface area (Å²) in [5, 5.41) is 4.87. The number of amides is 2. The van der Waals surface area contributed by atoms with E-state index in [0.29, 0.717) is 6.54 Å². The number of carbonyl (C=O) groups excluding carboxylic acids is 2. The SMILES string of the molecule is CCCNC(=O)CNC(=O)COc1cccc(C(F)(F)F)c1. The van der Waals surface area contributed by atoms with Gasteiger partial charge in [-0.1, -0.05) is 13.0 Å². The maximum atomic E-state index is 12.5. The van der Waals surface area contributed by atoms with Gasteiger partial charge in [0, 0.05) is 6.54 Å². The van der Waals surface area contributed by atoms with Gasteiger partial charge in [0.25, 0.3) is 5.91 Å². The lowest BCUT2D eigenvalue weighted by atomic mass is 10.2. The van der Waals surface area contributed by atoms with Crippen molar-refractivity contribution in [3.8, 4) is 5.75 Å². The van der Waals surface area contributed by atoms with Gasteiger partial charge in [-0.25, -0.2) is 0 Å². The number of benzene rings is 1. The van der Waals surface area contributed by atoms with Crippen LogP contribution in [0.2, 0.25) is 0 Å². The molecule has 5 nitrogen and oxygen atoms in total. The zero-order valence-corrected chi connectivity index (χ0v) is 12.0. The van der Waals surface area contributed by atoms with Crippen molar-refractivity contribution in [2.45, 2.75) is 19.5 Å². The second kappa shape index (κ2) is 8.26. The normalized spacial score (nSPS) is 10.9. The molecule has 0 saturated heterocycles. The van der Waals surface area contributed by atoms with E-state index >= 15 is 0 Å². The molecule has 0 radical (unpaired) electrons. The minimum atomic E-state index is -4.47. The third-order valence-corrected chi connectivity index (χ3v) is 2.55. The highest BCUT2D eigenvalue weighted by Gasteiger charge is 2.30. The Bertz CT molecular complexity index is 518. The highest BCUT2D eigenvalue weighted by Crippen LogP contribution is 2.31. The van der Waals surface area contributed by atoms with Crippen LogP contribution in [0.15, 0.2) is 24.3 Å². The van der Waals surface area contributed by atoms with Crippen molar-refractivity contribution in [2.24, 2.45) is 0 Å². The van der Waals surface area contributed by atoms with Crippen LogP contribution in [-0.4, -0.2) is 31.5 Å². The molecule has 0 unspecified atom stereocenters. The van der Waals surface area contributed by atoms with Crippen LogP contribution >= 0.6 is 0 Å². The fraction of sp³-hybridized carbons (Fsp3) is 0.429. The molecule has 0 aliphatic heterocycles. The fourth-order valence-corrected chi connectivity index (χ4v) is 1.47. The Morgan fingerprint density at radius 2 is 1.91 bits per heavy atom. The first-order valence-corrected chi connectivity index (χ1v) is 6.66. The number of hydrogen-bond acceptors (Lipinski definition) is 3. The standard InChI is InChI=1S/C14H17F3N2O3/c1-2-6-18-12(20)8-19-13(21)9-22-11-5-3-4-10(7-11)14(15,16)17/h3-5,7H,2,6,8-9H2,1H3,(H,18,20)(H,19,21). The van der Waals surface area contributed by atoms with Gasteiger partial charge in [-0.2, -0.15) is 13.2 Å². The molecule has 0 spiro atoms. The first kappa shape index (κ1) is 17.8. The van der Waals surface area contributed by atoms with Gasteiger partial charge in [0.2, 0.25) is 5.91 Å². The molecule has 1 aromatic carbocycles. The zero-order valence-electron chi connectivity index (χ0n) is 12.0. The van der Waals surface area contributed by atoms with E-state index in [4.69, 9.17) is 4.74 Å². The molecule has 0 aliphatic rings. The van der Waals surface area contributed by atoms with Gasteiger partial charge in [-0.05, 0) is 24.6 Å². The molecule has 1 aromatic rings. The van der Waals surface area contributed by atoms with Crippen LogP contribution in [-0.2, 0) is 15.8 Å². The van der Waals surface area contributed by atoms with Crippen molar-refractivity contribution in [2.75, 3.05) is 19.7 Å². The van der Waals surface area contributed by atoms with Crippen LogP contribution in [0, 0.1) is 0 Å². The van der Waals surface area contributed by atoms with E-state index in [0.717, 1.165) is 18.6 Å². The first-order valence-electron chi connectivity index (χ1n) is 6.66. The highest BCUT2D eigenvalue weighted by molar-refractivity contribution is 5.85. The minimum absolute atomic E-state index is 0.0691. The molecule has 0 bridgehead atoms. The summed E-state index contributed by atoms with van der Waals surface area (Å²) in [5.74, 6) is -1.00. The van der Waals surface area contributed by atoms with Crippen LogP contribution < -0.4 is 15.4 Å². The zero-order chi connectivity index (χ0) is 16.6. The van der Waals surface area contributed by atoms with Crippen molar-refractivity contribution in [1.29, 1.82) is 0 Å². The van der Waals surface area contributed by atoms with Gasteiger partial charge in [0.15, 0.2) is 6.61 Å². The molecule has 0 aliphatic carbocycles. The molecular formula is C14H17F3N2O3. The molecule has 122 valence electrons. The van der Waals surface area contributed by atoms with Gasteiger partial charge in [0.05, 0.1) is 12.1 Å². The summed E-state index contributed by atoms with van der Waals surface area (Å²) in [4.78, 5) is 22.7. The third kappa shape index (κ3) is 6.47. The van der Waals surface area contributed by atoms with E-state index < -0.39 is 24.3 Å². The molecule has 0 fully saturated rings. The Morgan fingerprint density at radius 1 is 1.18 bits per heavy atom. The van der Waals surface area contributed by atoms with Gasteiger partial charge < -0.3 is 15.4 Å². The summed E-state index contributed by atoms with van der Waals surface area (Å²) in [6.07, 6.45) is -3.70. The molecule has 0 heterocycles. The fourth-order valence-electron chi connectivity index (χ4n) is 1.47. The van der Waals surface area contributed by atoms with Crippen LogP contribution in [0.5, 0.6) is 5.75 Å². The number of ether oxygens (including phenoxy) is 1. The van der Waals surface area contributed by atoms with Crippen molar-refractivity contribution >= 4 is 11.8 Å². The average Bonchev–Trinajstić information content (AvgIpc) is 2.48. The quantitative estimate of drug-likeness (QED) is 0.804. The van der Waals surface area contributed by atoms with Gasteiger partial charge in [-0.15, -0.1) is 0 Å². The summed E-state index contributed by atoms with van der Waals surface area (Å²) in [6.45, 7) is 1.73. The van der Waals surface area contributed by atoms with E-state index in [1.807, 2.05) is 6.92 Å². The number of halogens is 3. The van der Waals surface area contributed by atoms with Crippen molar-refractivity contribution in [3.05, 3.63) is 29.8 Å². The van der Waals surface area contributed by atoms with Gasteiger partial charge in [0.1, 0.15) is 5.75 Å². The van der Waals surface area contributed by atoms with Crippen LogP contribution in [0.4, 0.5) is 13.2 Å². The van der Waals surface area contributed by atoms with E-state index in [2.05, 4.69) is 10.6 Å². The molecule has 0 saturated carbocycles. The van der Waals surface area contributed by atoms with Crippen LogP contribution in [0.1, 0.15) is 18.9 Å². The number of rotatable bonds is 7. The van der Waals surface area contributed by atoms with E-state index in [9.17, 15) is 22.8 Å². The Morgan fingerprint density at radius 3 is 2.55 bits per heavy atom. The Labute approximate surface area is 125 Å². The molecule has 8 heteroatoms. The molecule has 2 amide bonds. The second-order valence-electron chi connectivity index (χ2n) is 4.44. The third-order valence-electron chi connectivity index (χ3n) is 2.55. The predicted octanol–water partition coefficient (Wildman–Crippen LogP) is 1.73. The molecule has 2 N–H and O–H groups in total. The topological polar surface area (TPSA) is 67.4 Å². The van der Waals surface area contributed by atoms with Crippen molar-refractivity contribution in [3.63, 3.8) is 0 Å². The number of alkyl halides is 3. The summed E-state index contributed by atoms with van der Waals surface area (Å²) in [7, 11) is 0. The largest absolute Gasteiger partial charge is 0.484 e. The lowest BCUT2D eigenvalue weighted by Crippen LogP contribution is -2.39. The minimum Gasteiger partial charge on any atom is -0.484 e. The lowest BCUT2D eigenvalue weighted by Gasteiger charge is -2.10. The first-order chi connectivity index (χ1) is 10.3. The Hall–Kier alpha value is -2.25. The van der Waals surface area contributed by atoms with Crippen LogP contribution in [0.25, 0.3) is 0 Å². The predicted molar refractivity (Wildman–Crippen MR) is 73.2 cm³/mol. The highest BCUT2D eigenvalue weighted by atomic mass is 19.4. The second-order valence-corrected chi connectivity index (χ2v) is 4.44.